The van der Waals surface area contributed by atoms with Gasteiger partial charge in [-0.25, -0.2) is 0 Å². The smallest absolute Gasteiger partial charge is 0.306 e. The van der Waals surface area contributed by atoms with Gasteiger partial charge in [0, 0.05) is 19.3 Å². The van der Waals surface area contributed by atoms with Crippen molar-refractivity contribution in [1.29, 1.82) is 0 Å². The molecule has 0 aromatic rings. The van der Waals surface area contributed by atoms with E-state index in [1.54, 1.807) is 0 Å². The third-order valence-electron chi connectivity index (χ3n) is 9.52. The summed E-state index contributed by atoms with van der Waals surface area (Å²) >= 11 is 0. The maximum absolute atomic E-state index is 12.8. The lowest BCUT2D eigenvalue weighted by Gasteiger charge is -2.18. The summed E-state index contributed by atoms with van der Waals surface area (Å²) in [5, 5.41) is 0. The highest BCUT2D eigenvalue weighted by Crippen LogP contribution is 2.11. The van der Waals surface area contributed by atoms with E-state index in [1.807, 2.05) is 128 Å². The van der Waals surface area contributed by atoms with E-state index < -0.39 is 6.10 Å². The number of carbonyl (C=O) groups is 3. The number of hydrogen-bond acceptors (Lipinski definition) is 6. The van der Waals surface area contributed by atoms with Crippen LogP contribution in [-0.4, -0.2) is 37.2 Å². The van der Waals surface area contributed by atoms with Gasteiger partial charge in [0.2, 0.25) is 0 Å². The van der Waals surface area contributed by atoms with Crippen molar-refractivity contribution in [3.05, 3.63) is 170 Å². The Balaban J connectivity index is 4.69. The van der Waals surface area contributed by atoms with E-state index in [-0.39, 0.29) is 50.4 Å². The molecule has 0 aliphatic carbocycles. The van der Waals surface area contributed by atoms with Crippen molar-refractivity contribution in [3.63, 3.8) is 0 Å². The molecule has 0 N–H and O–H groups in total. The van der Waals surface area contributed by atoms with Crippen molar-refractivity contribution in [1.82, 2.24) is 0 Å². The molecule has 0 spiro atoms. The molecule has 0 amide bonds. The summed E-state index contributed by atoms with van der Waals surface area (Å²) < 4.78 is 16.6. The lowest BCUT2D eigenvalue weighted by molar-refractivity contribution is -0.166. The van der Waals surface area contributed by atoms with Gasteiger partial charge < -0.3 is 14.2 Å². The quantitative estimate of drug-likeness (QED) is 0.0200. The summed E-state index contributed by atoms with van der Waals surface area (Å²) in [5.41, 5.74) is 0. The molecule has 0 aromatic carbocycles. The SMILES string of the molecule is CC/C=C/C=C/C=C/C=C/C=C/C=C/CCCCCC(=O)OCC(COC(=O)CC/C=C/C/C=C/CCCCCCCC)OC(=O)CCCCC/C=C/C=C/C=C/C=C/C=C/C=C/CC. The van der Waals surface area contributed by atoms with Crippen LogP contribution in [0.5, 0.6) is 0 Å². The average molecular weight is 891 g/mol. The number of hydrogen-bond donors (Lipinski definition) is 0. The molecule has 0 radical (unpaired) electrons. The van der Waals surface area contributed by atoms with E-state index in [9.17, 15) is 14.4 Å². The summed E-state index contributed by atoms with van der Waals surface area (Å²) in [6.07, 6.45) is 76.2. The molecule has 0 saturated carbocycles. The zero-order valence-electron chi connectivity index (χ0n) is 40.7. The maximum Gasteiger partial charge on any atom is 0.306 e. The van der Waals surface area contributed by atoms with Crippen molar-refractivity contribution in [2.75, 3.05) is 13.2 Å². The molecule has 0 saturated heterocycles. The first-order valence-electron chi connectivity index (χ1n) is 24.8. The van der Waals surface area contributed by atoms with Crippen LogP contribution in [0, 0.1) is 0 Å². The van der Waals surface area contributed by atoms with E-state index in [0.717, 1.165) is 64.2 Å². The summed E-state index contributed by atoms with van der Waals surface area (Å²) in [6.45, 7) is 6.17. The Bertz CT molecular complexity index is 1590. The first-order valence-corrected chi connectivity index (χ1v) is 24.8. The Hall–Kier alpha value is -5.23. The molecule has 358 valence electrons. The third-order valence-corrected chi connectivity index (χ3v) is 9.52. The Morgan fingerprint density at radius 1 is 0.338 bits per heavy atom. The second-order valence-electron chi connectivity index (χ2n) is 15.6. The monoisotopic (exact) mass is 891 g/mol. The molecule has 1 atom stereocenters. The van der Waals surface area contributed by atoms with Gasteiger partial charge in [-0.05, 0) is 77.0 Å². The predicted octanol–water partition coefficient (Wildman–Crippen LogP) is 16.4. The normalized spacial score (nSPS) is 13.6. The Morgan fingerprint density at radius 3 is 1.15 bits per heavy atom. The molecule has 0 heterocycles. The maximum atomic E-state index is 12.8. The van der Waals surface area contributed by atoms with Gasteiger partial charge in [-0.3, -0.25) is 14.4 Å². The molecule has 0 aliphatic heterocycles. The standard InChI is InChI=1S/C59H86O6/c1-4-7-10-13-16-19-22-25-27-29-31-34-37-40-43-46-49-52-58(61)64-55-56(54-63-57(60)51-48-45-42-39-36-33-24-21-18-15-12-9-6-3)65-59(62)53-50-47-44-41-38-35-32-30-28-26-23-20-17-14-11-8-5-2/h7-8,10-11,13-14,16-17,19-20,22-23,25-38,42,45,56H,4-6,9,12,15,18,21,24,39-41,43-44,46-55H2,1-3H3/b10-7+,11-8+,16-13+,17-14+,22-19+,23-20+,27-25+,28-26+,31-29+,32-30+,36-33+,37-34+,38-35+,45-42+. The molecule has 1 unspecified atom stereocenters. The van der Waals surface area contributed by atoms with E-state index in [1.165, 1.54) is 38.5 Å². The highest BCUT2D eigenvalue weighted by atomic mass is 16.6. The highest BCUT2D eigenvalue weighted by molar-refractivity contribution is 5.71. The van der Waals surface area contributed by atoms with Gasteiger partial charge >= 0.3 is 17.9 Å². The van der Waals surface area contributed by atoms with Crippen LogP contribution in [0.3, 0.4) is 0 Å². The van der Waals surface area contributed by atoms with E-state index in [4.69, 9.17) is 14.2 Å². The molecule has 0 aliphatic rings. The summed E-state index contributed by atoms with van der Waals surface area (Å²) in [5.74, 6) is -1.12. The van der Waals surface area contributed by atoms with Gasteiger partial charge in [0.25, 0.3) is 0 Å². The minimum Gasteiger partial charge on any atom is -0.462 e. The topological polar surface area (TPSA) is 78.9 Å². The average Bonchev–Trinajstić information content (AvgIpc) is 3.30. The number of ether oxygens (including phenoxy) is 3. The van der Waals surface area contributed by atoms with E-state index in [0.29, 0.717) is 19.3 Å². The van der Waals surface area contributed by atoms with Crippen LogP contribution in [0.1, 0.15) is 162 Å². The molecule has 6 nitrogen and oxygen atoms in total. The fourth-order valence-electron chi connectivity index (χ4n) is 5.85. The second kappa shape index (κ2) is 51.4. The molecular formula is C59H86O6. The van der Waals surface area contributed by atoms with Gasteiger partial charge in [-0.15, -0.1) is 0 Å². The number of rotatable bonds is 41. The minimum atomic E-state index is -0.852. The lowest BCUT2D eigenvalue weighted by atomic mass is 10.1. The molecule has 0 aromatic heterocycles. The predicted molar refractivity (Wildman–Crippen MR) is 278 cm³/mol. The minimum absolute atomic E-state index is 0.146. The fourth-order valence-corrected chi connectivity index (χ4v) is 5.85. The summed E-state index contributed by atoms with van der Waals surface area (Å²) in [7, 11) is 0. The zero-order chi connectivity index (χ0) is 47.2. The van der Waals surface area contributed by atoms with Crippen LogP contribution in [0.4, 0.5) is 0 Å². The van der Waals surface area contributed by atoms with Crippen LogP contribution >= 0.6 is 0 Å². The molecule has 0 bridgehead atoms. The Kier molecular flexibility index (Phi) is 47.3. The van der Waals surface area contributed by atoms with E-state index in [2.05, 4.69) is 63.3 Å². The van der Waals surface area contributed by atoms with Gasteiger partial charge in [0.05, 0.1) is 0 Å². The van der Waals surface area contributed by atoms with Crippen molar-refractivity contribution in [2.45, 2.75) is 168 Å². The largest absolute Gasteiger partial charge is 0.462 e. The molecule has 0 rings (SSSR count). The molecular weight excluding hydrogens is 805 g/mol. The van der Waals surface area contributed by atoms with Crippen molar-refractivity contribution in [3.8, 4) is 0 Å². The first-order chi connectivity index (χ1) is 32.0. The third kappa shape index (κ3) is 49.6. The number of esters is 3. The fraction of sp³-hybridized carbons (Fsp3) is 0.475. The van der Waals surface area contributed by atoms with Crippen LogP contribution in [-0.2, 0) is 28.6 Å². The summed E-state index contributed by atoms with van der Waals surface area (Å²) in [4.78, 5) is 37.9. The summed E-state index contributed by atoms with van der Waals surface area (Å²) in [6, 6.07) is 0. The zero-order valence-corrected chi connectivity index (χ0v) is 40.7. The van der Waals surface area contributed by atoms with Crippen molar-refractivity contribution in [2.24, 2.45) is 0 Å². The van der Waals surface area contributed by atoms with Gasteiger partial charge in [-0.2, -0.15) is 0 Å². The van der Waals surface area contributed by atoms with Crippen LogP contribution in [0.25, 0.3) is 0 Å². The van der Waals surface area contributed by atoms with Crippen LogP contribution in [0.15, 0.2) is 170 Å². The van der Waals surface area contributed by atoms with Gasteiger partial charge in [0.15, 0.2) is 6.10 Å². The van der Waals surface area contributed by atoms with E-state index >= 15 is 0 Å². The second-order valence-corrected chi connectivity index (χ2v) is 15.6. The lowest BCUT2D eigenvalue weighted by Crippen LogP contribution is -2.30. The highest BCUT2D eigenvalue weighted by Gasteiger charge is 2.19. The number of allylic oxidation sites excluding steroid dienone is 28. The Labute approximate surface area is 396 Å². The molecule has 65 heavy (non-hydrogen) atoms. The number of unbranched alkanes of at least 4 members (excludes halogenated alkanes) is 12. The Morgan fingerprint density at radius 2 is 0.692 bits per heavy atom. The van der Waals surface area contributed by atoms with Crippen LogP contribution in [0.2, 0.25) is 0 Å². The molecule has 6 heteroatoms. The van der Waals surface area contributed by atoms with Crippen molar-refractivity contribution >= 4 is 17.9 Å². The molecule has 0 fully saturated rings. The van der Waals surface area contributed by atoms with Crippen LogP contribution < -0.4 is 0 Å². The van der Waals surface area contributed by atoms with Crippen molar-refractivity contribution < 1.29 is 28.6 Å². The first kappa shape index (κ1) is 59.8. The van der Waals surface area contributed by atoms with Gasteiger partial charge in [-0.1, -0.05) is 236 Å². The van der Waals surface area contributed by atoms with Gasteiger partial charge in [0.1, 0.15) is 13.2 Å². The number of carbonyl (C=O) groups excluding carboxylic acids is 3.